The molecule has 0 aliphatic rings. The quantitative estimate of drug-likeness (QED) is 0.455. The summed E-state index contributed by atoms with van der Waals surface area (Å²) in [6, 6.07) is 7.88. The number of nitrogens with zero attached hydrogens (tertiary/aromatic N) is 1. The lowest BCUT2D eigenvalue weighted by atomic mass is 10.1. The number of esters is 1. The van der Waals surface area contributed by atoms with E-state index in [-0.39, 0.29) is 11.6 Å². The van der Waals surface area contributed by atoms with Gasteiger partial charge in [0, 0.05) is 18.7 Å². The molecule has 1 aromatic rings. The largest absolute Gasteiger partial charge is 0.488 e. The van der Waals surface area contributed by atoms with Gasteiger partial charge in [0.1, 0.15) is 11.4 Å². The summed E-state index contributed by atoms with van der Waals surface area (Å²) < 4.78 is 10.6. The van der Waals surface area contributed by atoms with Crippen LogP contribution in [0, 0.1) is 0 Å². The first-order chi connectivity index (χ1) is 11.4. The fourth-order valence-corrected chi connectivity index (χ4v) is 1.95. The number of hydrogen-bond acceptors (Lipinski definition) is 4. The number of methoxy groups -OCH3 is 1. The number of aliphatic imine (C=N–C) groups is 1. The fourth-order valence-electron chi connectivity index (χ4n) is 1.95. The number of carbonyl (C=O) groups excluding carboxylic acids is 1. The number of rotatable bonds is 7. The highest BCUT2D eigenvalue weighted by Gasteiger charge is 2.14. The molecule has 24 heavy (non-hydrogen) atoms. The topological polar surface area (TPSA) is 72.0 Å². The van der Waals surface area contributed by atoms with Crippen molar-refractivity contribution in [1.82, 2.24) is 10.6 Å². The molecule has 1 aromatic carbocycles. The molecular formula is C18H29N3O3. The van der Waals surface area contributed by atoms with Crippen molar-refractivity contribution in [2.75, 3.05) is 20.2 Å². The second-order valence-electron chi connectivity index (χ2n) is 6.27. The van der Waals surface area contributed by atoms with E-state index in [4.69, 9.17) is 4.74 Å². The number of hydrogen-bond donors (Lipinski definition) is 2. The van der Waals surface area contributed by atoms with Gasteiger partial charge in [-0.25, -0.2) is 4.99 Å². The van der Waals surface area contributed by atoms with Crippen LogP contribution in [0.1, 0.15) is 39.7 Å². The van der Waals surface area contributed by atoms with E-state index in [1.807, 2.05) is 52.0 Å². The van der Waals surface area contributed by atoms with Crippen LogP contribution in [-0.2, 0) is 16.1 Å². The van der Waals surface area contributed by atoms with E-state index >= 15 is 0 Å². The molecule has 6 heteroatoms. The van der Waals surface area contributed by atoms with E-state index in [0.717, 1.165) is 17.9 Å². The maximum atomic E-state index is 11.2. The summed E-state index contributed by atoms with van der Waals surface area (Å²) in [7, 11) is 1.38. The van der Waals surface area contributed by atoms with Crippen LogP contribution < -0.4 is 15.4 Å². The zero-order valence-electron chi connectivity index (χ0n) is 15.3. The molecule has 0 aliphatic heterocycles. The van der Waals surface area contributed by atoms with E-state index < -0.39 is 0 Å². The lowest BCUT2D eigenvalue weighted by molar-refractivity contribution is -0.140. The Morgan fingerprint density at radius 2 is 1.92 bits per heavy atom. The molecule has 0 saturated heterocycles. The molecule has 0 heterocycles. The van der Waals surface area contributed by atoms with Crippen molar-refractivity contribution >= 4 is 11.9 Å². The van der Waals surface area contributed by atoms with Crippen LogP contribution in [0.5, 0.6) is 5.75 Å². The lowest BCUT2D eigenvalue weighted by Crippen LogP contribution is -2.38. The van der Waals surface area contributed by atoms with Gasteiger partial charge in [-0.2, -0.15) is 0 Å². The maximum absolute atomic E-state index is 11.2. The highest BCUT2D eigenvalue weighted by atomic mass is 16.5. The number of para-hydroxylation sites is 1. The first kappa shape index (κ1) is 19.8. The second kappa shape index (κ2) is 9.80. The van der Waals surface area contributed by atoms with E-state index in [1.165, 1.54) is 7.11 Å². The summed E-state index contributed by atoms with van der Waals surface area (Å²) in [6.45, 7) is 9.75. The highest BCUT2D eigenvalue weighted by Crippen LogP contribution is 2.23. The molecule has 134 valence electrons. The van der Waals surface area contributed by atoms with Crippen LogP contribution in [0.4, 0.5) is 0 Å². The van der Waals surface area contributed by atoms with Gasteiger partial charge >= 0.3 is 5.97 Å². The van der Waals surface area contributed by atoms with Crippen LogP contribution in [0.3, 0.4) is 0 Å². The number of nitrogens with one attached hydrogen (secondary N) is 2. The van der Waals surface area contributed by atoms with Gasteiger partial charge < -0.3 is 20.1 Å². The monoisotopic (exact) mass is 335 g/mol. The zero-order valence-corrected chi connectivity index (χ0v) is 15.3. The Bertz CT molecular complexity index is 551. The van der Waals surface area contributed by atoms with E-state index in [1.54, 1.807) is 0 Å². The van der Waals surface area contributed by atoms with Gasteiger partial charge in [0.25, 0.3) is 0 Å². The van der Waals surface area contributed by atoms with Gasteiger partial charge in [0.15, 0.2) is 5.96 Å². The summed E-state index contributed by atoms with van der Waals surface area (Å²) in [5.74, 6) is 1.24. The van der Waals surface area contributed by atoms with Crippen molar-refractivity contribution < 1.29 is 14.3 Å². The third kappa shape index (κ3) is 7.85. The lowest BCUT2D eigenvalue weighted by Gasteiger charge is -2.23. The summed E-state index contributed by atoms with van der Waals surface area (Å²) in [5.41, 5.74) is 0.751. The van der Waals surface area contributed by atoms with Gasteiger partial charge in [-0.3, -0.25) is 4.79 Å². The minimum atomic E-state index is -0.261. The summed E-state index contributed by atoms with van der Waals surface area (Å²) in [4.78, 5) is 15.7. The number of benzene rings is 1. The molecule has 0 saturated carbocycles. The van der Waals surface area contributed by atoms with Crippen LogP contribution in [0.15, 0.2) is 29.3 Å². The fraction of sp³-hybridized carbons (Fsp3) is 0.556. The van der Waals surface area contributed by atoms with E-state index in [9.17, 15) is 4.79 Å². The van der Waals surface area contributed by atoms with Gasteiger partial charge in [-0.05, 0) is 33.8 Å². The van der Waals surface area contributed by atoms with Gasteiger partial charge in [0.2, 0.25) is 0 Å². The zero-order chi connectivity index (χ0) is 18.0. The molecule has 2 N–H and O–H groups in total. The number of carbonyl (C=O) groups is 1. The first-order valence-corrected chi connectivity index (χ1v) is 8.21. The molecular weight excluding hydrogens is 306 g/mol. The van der Waals surface area contributed by atoms with Gasteiger partial charge in [-0.1, -0.05) is 18.2 Å². The molecule has 0 aliphatic carbocycles. The molecule has 0 spiro atoms. The molecule has 0 amide bonds. The Hall–Kier alpha value is -2.24. The summed E-state index contributed by atoms with van der Waals surface area (Å²) in [6.07, 6.45) is 0.296. The van der Waals surface area contributed by atoms with Crippen molar-refractivity contribution in [1.29, 1.82) is 0 Å². The Morgan fingerprint density at radius 3 is 2.54 bits per heavy atom. The second-order valence-corrected chi connectivity index (χ2v) is 6.27. The van der Waals surface area contributed by atoms with Crippen molar-refractivity contribution in [2.24, 2.45) is 4.99 Å². The third-order valence-electron chi connectivity index (χ3n) is 2.99. The highest BCUT2D eigenvalue weighted by molar-refractivity contribution is 5.80. The van der Waals surface area contributed by atoms with Crippen LogP contribution in [0.2, 0.25) is 0 Å². The van der Waals surface area contributed by atoms with Crippen LogP contribution in [0.25, 0.3) is 0 Å². The smallest absolute Gasteiger partial charge is 0.307 e. The van der Waals surface area contributed by atoms with Crippen molar-refractivity contribution in [3.63, 3.8) is 0 Å². The van der Waals surface area contributed by atoms with Crippen LogP contribution in [-0.4, -0.2) is 37.7 Å². The molecule has 0 aromatic heterocycles. The van der Waals surface area contributed by atoms with Crippen molar-refractivity contribution in [3.05, 3.63) is 29.8 Å². The first-order valence-electron chi connectivity index (χ1n) is 8.21. The molecule has 0 radical (unpaired) electrons. The molecule has 0 unspecified atom stereocenters. The maximum Gasteiger partial charge on any atom is 0.307 e. The van der Waals surface area contributed by atoms with Gasteiger partial charge in [-0.15, -0.1) is 0 Å². The number of ether oxygens (including phenoxy) is 2. The third-order valence-corrected chi connectivity index (χ3v) is 2.99. The normalized spacial score (nSPS) is 11.8. The van der Waals surface area contributed by atoms with Crippen molar-refractivity contribution in [2.45, 2.75) is 46.3 Å². The minimum Gasteiger partial charge on any atom is -0.488 e. The van der Waals surface area contributed by atoms with Crippen LogP contribution >= 0.6 is 0 Å². The Labute approximate surface area is 144 Å². The van der Waals surface area contributed by atoms with E-state index in [2.05, 4.69) is 20.4 Å². The summed E-state index contributed by atoms with van der Waals surface area (Å²) in [5, 5.41) is 6.28. The minimum absolute atomic E-state index is 0.248. The Balaban J connectivity index is 2.73. The predicted octanol–water partition coefficient (Wildman–Crippen LogP) is 2.48. The van der Waals surface area contributed by atoms with Crippen molar-refractivity contribution in [3.8, 4) is 5.75 Å². The Kier molecular flexibility index (Phi) is 8.09. The SMILES string of the molecule is CCNC(=NCc1ccccc1OC(C)(C)C)NCCC(=O)OC. The molecule has 0 atom stereocenters. The average molecular weight is 335 g/mol. The summed E-state index contributed by atoms with van der Waals surface area (Å²) >= 11 is 0. The number of guanidine groups is 1. The molecule has 6 nitrogen and oxygen atoms in total. The molecule has 0 fully saturated rings. The van der Waals surface area contributed by atoms with E-state index in [0.29, 0.717) is 25.5 Å². The van der Waals surface area contributed by atoms with Gasteiger partial charge in [0.05, 0.1) is 20.1 Å². The average Bonchev–Trinajstić information content (AvgIpc) is 2.52. The predicted molar refractivity (Wildman–Crippen MR) is 96.3 cm³/mol. The standard InChI is InChI=1S/C18H29N3O3/c1-6-19-17(20-12-11-16(22)23-5)21-13-14-9-7-8-10-15(14)24-18(2,3)4/h7-10H,6,11-13H2,1-5H3,(H2,19,20,21). The Morgan fingerprint density at radius 1 is 1.21 bits per heavy atom. The molecule has 1 rings (SSSR count). The molecule has 0 bridgehead atoms.